The molecule has 3 nitrogen and oxygen atoms in total. The number of benzene rings is 2. The maximum atomic E-state index is 12.5. The molecule has 1 aromatic heterocycles. The molecular weight excluding hydrogens is 378 g/mol. The quantitative estimate of drug-likeness (QED) is 0.494. The average Bonchev–Trinajstić information content (AvgIpc) is 3.11. The molecule has 0 saturated heterocycles. The van der Waals surface area contributed by atoms with Crippen molar-refractivity contribution in [1.29, 1.82) is 5.26 Å². The number of hydrogen-bond donors (Lipinski definition) is 0. The molecule has 0 spiro atoms. The number of halogens is 3. The summed E-state index contributed by atoms with van der Waals surface area (Å²) in [5.41, 5.74) is 2.23. The summed E-state index contributed by atoms with van der Waals surface area (Å²) in [6.45, 7) is -2.94. The Labute approximate surface area is 157 Å². The Hall–Kier alpha value is -2.75. The van der Waals surface area contributed by atoms with Crippen LogP contribution in [0.4, 0.5) is 8.78 Å². The van der Waals surface area contributed by atoms with Crippen LogP contribution in [0.25, 0.3) is 22.9 Å². The highest BCUT2D eigenvalue weighted by atomic mass is 35.5. The van der Waals surface area contributed by atoms with E-state index in [0.717, 1.165) is 5.56 Å². The molecule has 0 saturated carbocycles. The lowest BCUT2D eigenvalue weighted by atomic mass is 10.1. The second kappa shape index (κ2) is 8.09. The Bertz CT molecular complexity index is 978. The third-order valence-corrected chi connectivity index (χ3v) is 4.56. The fourth-order valence-corrected chi connectivity index (χ4v) is 3.17. The van der Waals surface area contributed by atoms with Gasteiger partial charge in [-0.25, -0.2) is 4.98 Å². The van der Waals surface area contributed by atoms with Gasteiger partial charge in [0.1, 0.15) is 16.8 Å². The summed E-state index contributed by atoms with van der Waals surface area (Å²) in [5, 5.41) is 12.4. The summed E-state index contributed by atoms with van der Waals surface area (Å²) in [5.74, 6) is 0.00438. The normalized spacial score (nSPS) is 11.4. The van der Waals surface area contributed by atoms with Crippen molar-refractivity contribution in [3.05, 3.63) is 69.5 Å². The SMILES string of the molecule is N#C/C(=C\c1ccccc1OC(F)F)c1nc(-c2ccc(Cl)cc2)cs1. The summed E-state index contributed by atoms with van der Waals surface area (Å²) in [6.07, 6.45) is 1.49. The highest BCUT2D eigenvalue weighted by Crippen LogP contribution is 2.30. The molecule has 0 fully saturated rings. The number of para-hydroxylation sites is 1. The lowest BCUT2D eigenvalue weighted by molar-refractivity contribution is -0.0499. The standard InChI is InChI=1S/C19H11ClF2N2OS/c20-15-7-5-12(6-8-15)16-11-26-18(24-16)14(10-23)9-13-3-1-2-4-17(13)25-19(21)22/h1-9,11,19H/b14-9+. The van der Waals surface area contributed by atoms with Crippen LogP contribution in [-0.4, -0.2) is 11.6 Å². The van der Waals surface area contributed by atoms with Gasteiger partial charge in [-0.05, 0) is 24.3 Å². The van der Waals surface area contributed by atoms with E-state index in [1.54, 1.807) is 30.3 Å². The highest BCUT2D eigenvalue weighted by Gasteiger charge is 2.12. The van der Waals surface area contributed by atoms with Gasteiger partial charge in [-0.15, -0.1) is 11.3 Å². The number of allylic oxidation sites excluding steroid dienone is 1. The minimum atomic E-state index is -2.94. The van der Waals surface area contributed by atoms with Crippen LogP contribution in [-0.2, 0) is 0 Å². The van der Waals surface area contributed by atoms with Crippen molar-refractivity contribution < 1.29 is 13.5 Å². The van der Waals surface area contributed by atoms with E-state index >= 15 is 0 Å². The van der Waals surface area contributed by atoms with Crippen molar-refractivity contribution in [3.63, 3.8) is 0 Å². The van der Waals surface area contributed by atoms with Crippen LogP contribution in [0, 0.1) is 11.3 Å². The number of alkyl halides is 2. The minimum absolute atomic E-state index is 0.00438. The summed E-state index contributed by atoms with van der Waals surface area (Å²) < 4.78 is 29.6. The highest BCUT2D eigenvalue weighted by molar-refractivity contribution is 7.11. The van der Waals surface area contributed by atoms with Gasteiger partial charge in [-0.3, -0.25) is 0 Å². The van der Waals surface area contributed by atoms with Gasteiger partial charge in [0.05, 0.1) is 11.3 Å². The van der Waals surface area contributed by atoms with Gasteiger partial charge < -0.3 is 4.74 Å². The first-order valence-electron chi connectivity index (χ1n) is 7.44. The van der Waals surface area contributed by atoms with E-state index < -0.39 is 6.61 Å². The minimum Gasteiger partial charge on any atom is -0.434 e. The second-order valence-corrected chi connectivity index (χ2v) is 6.43. The first-order valence-corrected chi connectivity index (χ1v) is 8.70. The smallest absolute Gasteiger partial charge is 0.387 e. The molecule has 130 valence electrons. The summed E-state index contributed by atoms with van der Waals surface area (Å²) in [6, 6.07) is 15.5. The van der Waals surface area contributed by atoms with Crippen molar-refractivity contribution in [2.45, 2.75) is 6.61 Å². The largest absolute Gasteiger partial charge is 0.434 e. The van der Waals surface area contributed by atoms with Gasteiger partial charge in [0.25, 0.3) is 0 Å². The zero-order valence-electron chi connectivity index (χ0n) is 13.2. The monoisotopic (exact) mass is 388 g/mol. The summed E-state index contributed by atoms with van der Waals surface area (Å²) in [4.78, 5) is 4.46. The lowest BCUT2D eigenvalue weighted by Gasteiger charge is -2.07. The van der Waals surface area contributed by atoms with E-state index in [1.165, 1.54) is 23.5 Å². The van der Waals surface area contributed by atoms with Crippen molar-refractivity contribution in [2.24, 2.45) is 0 Å². The zero-order valence-corrected chi connectivity index (χ0v) is 14.8. The number of aromatic nitrogens is 1. The van der Waals surface area contributed by atoms with Crippen molar-refractivity contribution >= 4 is 34.6 Å². The Morgan fingerprint density at radius 1 is 1.19 bits per heavy atom. The first kappa shape index (κ1) is 18.1. The lowest BCUT2D eigenvalue weighted by Crippen LogP contribution is -2.03. The van der Waals surface area contributed by atoms with E-state index in [0.29, 0.717) is 21.3 Å². The molecule has 0 atom stereocenters. The zero-order chi connectivity index (χ0) is 18.5. The van der Waals surface area contributed by atoms with Crippen molar-refractivity contribution in [1.82, 2.24) is 4.98 Å². The van der Waals surface area contributed by atoms with Crippen LogP contribution in [0.3, 0.4) is 0 Å². The van der Waals surface area contributed by atoms with Gasteiger partial charge in [-0.1, -0.05) is 41.9 Å². The number of thiazole rings is 1. The molecule has 0 amide bonds. The van der Waals surface area contributed by atoms with E-state index in [2.05, 4.69) is 15.8 Å². The van der Waals surface area contributed by atoms with E-state index in [1.807, 2.05) is 17.5 Å². The van der Waals surface area contributed by atoms with Crippen LogP contribution in [0.1, 0.15) is 10.6 Å². The van der Waals surface area contributed by atoms with Gasteiger partial charge in [0, 0.05) is 21.5 Å². The van der Waals surface area contributed by atoms with Crippen LogP contribution in [0.15, 0.2) is 53.9 Å². The van der Waals surface area contributed by atoms with E-state index in [9.17, 15) is 14.0 Å². The molecule has 2 aromatic carbocycles. The third-order valence-electron chi connectivity index (χ3n) is 3.43. The van der Waals surface area contributed by atoms with E-state index in [4.69, 9.17) is 11.6 Å². The molecule has 1 heterocycles. The van der Waals surface area contributed by atoms with Crippen molar-refractivity contribution in [2.75, 3.05) is 0 Å². The topological polar surface area (TPSA) is 45.9 Å². The molecule has 0 unspecified atom stereocenters. The van der Waals surface area contributed by atoms with Crippen LogP contribution in [0.5, 0.6) is 5.75 Å². The molecule has 3 aromatic rings. The number of hydrogen-bond acceptors (Lipinski definition) is 4. The Morgan fingerprint density at radius 2 is 1.92 bits per heavy atom. The number of nitrogens with zero attached hydrogens (tertiary/aromatic N) is 2. The maximum absolute atomic E-state index is 12.5. The number of nitriles is 1. The first-order chi connectivity index (χ1) is 12.6. The summed E-state index contributed by atoms with van der Waals surface area (Å²) in [7, 11) is 0. The van der Waals surface area contributed by atoms with Gasteiger partial charge >= 0.3 is 6.61 Å². The Morgan fingerprint density at radius 3 is 2.62 bits per heavy atom. The molecule has 0 N–H and O–H groups in total. The molecule has 3 rings (SSSR count). The molecule has 0 radical (unpaired) electrons. The second-order valence-electron chi connectivity index (χ2n) is 5.13. The molecule has 0 aliphatic carbocycles. The fourth-order valence-electron chi connectivity index (χ4n) is 2.25. The van der Waals surface area contributed by atoms with Gasteiger partial charge in [0.2, 0.25) is 0 Å². The van der Waals surface area contributed by atoms with Gasteiger partial charge in [-0.2, -0.15) is 14.0 Å². The average molecular weight is 389 g/mol. The fraction of sp³-hybridized carbons (Fsp3) is 0.0526. The molecule has 7 heteroatoms. The molecule has 0 bridgehead atoms. The Kier molecular flexibility index (Phi) is 5.61. The molecule has 0 aliphatic heterocycles. The predicted molar refractivity (Wildman–Crippen MR) is 99.1 cm³/mol. The number of rotatable bonds is 5. The predicted octanol–water partition coefficient (Wildman–Crippen LogP) is 6.13. The third kappa shape index (κ3) is 4.26. The molecule has 26 heavy (non-hydrogen) atoms. The molecular formula is C19H11ClF2N2OS. The van der Waals surface area contributed by atoms with Crippen LogP contribution in [0.2, 0.25) is 5.02 Å². The van der Waals surface area contributed by atoms with Crippen LogP contribution >= 0.6 is 22.9 Å². The summed E-state index contributed by atoms with van der Waals surface area (Å²) >= 11 is 7.18. The maximum Gasteiger partial charge on any atom is 0.387 e. The van der Waals surface area contributed by atoms with Gasteiger partial charge in [0.15, 0.2) is 0 Å². The molecule has 0 aliphatic rings. The van der Waals surface area contributed by atoms with Crippen LogP contribution < -0.4 is 4.74 Å². The Balaban J connectivity index is 1.94. The van der Waals surface area contributed by atoms with E-state index in [-0.39, 0.29) is 11.3 Å². The number of ether oxygens (including phenoxy) is 1. The van der Waals surface area contributed by atoms with Crippen molar-refractivity contribution in [3.8, 4) is 23.1 Å².